The molecular formula is C19H25ClN2O3. The van der Waals surface area contributed by atoms with Gasteiger partial charge >= 0.3 is 0 Å². The molecule has 6 heteroatoms. The molecule has 0 unspecified atom stereocenters. The second-order valence-electron chi connectivity index (χ2n) is 5.35. The van der Waals surface area contributed by atoms with Gasteiger partial charge in [0.15, 0.2) is 0 Å². The Labute approximate surface area is 154 Å². The zero-order valence-electron chi connectivity index (χ0n) is 14.1. The van der Waals surface area contributed by atoms with E-state index in [1.54, 1.807) is 0 Å². The number of halogens is 1. The third kappa shape index (κ3) is 8.54. The molecule has 2 aromatic rings. The monoisotopic (exact) mass is 364 g/mol. The number of nitrogens with one attached hydrogen (secondary N) is 1. The van der Waals surface area contributed by atoms with Gasteiger partial charge in [-0.15, -0.1) is 12.4 Å². The fraction of sp³-hybridized carbons (Fsp3) is 0.316. The third-order valence-electron chi connectivity index (χ3n) is 3.33. The summed E-state index contributed by atoms with van der Waals surface area (Å²) in [7, 11) is 0. The predicted molar refractivity (Wildman–Crippen MR) is 102 cm³/mol. The molecule has 2 aromatic carbocycles. The van der Waals surface area contributed by atoms with Crippen LogP contribution in [0.25, 0.3) is 0 Å². The van der Waals surface area contributed by atoms with Gasteiger partial charge in [0, 0.05) is 12.1 Å². The highest BCUT2D eigenvalue weighted by Gasteiger charge is 2.02. The first kappa shape index (κ1) is 21.0. The maximum atomic E-state index is 11.7. The van der Waals surface area contributed by atoms with Crippen LogP contribution in [0.3, 0.4) is 0 Å². The van der Waals surface area contributed by atoms with Crippen molar-refractivity contribution in [2.75, 3.05) is 25.1 Å². The molecule has 0 spiro atoms. The number of ether oxygens (including phenoxy) is 2. The Kier molecular flexibility index (Phi) is 10.3. The van der Waals surface area contributed by atoms with Gasteiger partial charge in [-0.1, -0.05) is 30.3 Å². The van der Waals surface area contributed by atoms with Crippen LogP contribution in [-0.4, -0.2) is 25.7 Å². The summed E-state index contributed by atoms with van der Waals surface area (Å²) in [5.41, 5.74) is 7.19. The number of hydrogen-bond donors (Lipinski definition) is 2. The zero-order valence-corrected chi connectivity index (χ0v) is 15.0. The number of benzene rings is 2. The van der Waals surface area contributed by atoms with Gasteiger partial charge in [-0.2, -0.15) is 0 Å². The van der Waals surface area contributed by atoms with Gasteiger partial charge in [0.1, 0.15) is 12.4 Å². The van der Waals surface area contributed by atoms with Gasteiger partial charge in [-0.05, 0) is 42.8 Å². The van der Waals surface area contributed by atoms with E-state index >= 15 is 0 Å². The Morgan fingerprint density at radius 1 is 1.04 bits per heavy atom. The average Bonchev–Trinajstić information content (AvgIpc) is 2.61. The van der Waals surface area contributed by atoms with Gasteiger partial charge in [-0.25, -0.2) is 0 Å². The van der Waals surface area contributed by atoms with Crippen LogP contribution in [0, 0.1) is 0 Å². The lowest BCUT2D eigenvalue weighted by Gasteiger charge is -2.09. The van der Waals surface area contributed by atoms with E-state index in [9.17, 15) is 4.79 Å². The summed E-state index contributed by atoms with van der Waals surface area (Å²) in [6.07, 6.45) is 1.13. The van der Waals surface area contributed by atoms with Gasteiger partial charge in [0.25, 0.3) is 0 Å². The Balaban J connectivity index is 0.00000312. The fourth-order valence-electron chi connectivity index (χ4n) is 2.15. The van der Waals surface area contributed by atoms with Crippen LogP contribution in [0.1, 0.15) is 18.4 Å². The Bertz CT molecular complexity index is 623. The first-order chi connectivity index (χ1) is 11.8. The molecule has 136 valence electrons. The van der Waals surface area contributed by atoms with Crippen molar-refractivity contribution < 1.29 is 14.3 Å². The van der Waals surface area contributed by atoms with Crippen LogP contribution in [0.4, 0.5) is 5.69 Å². The first-order valence-corrected chi connectivity index (χ1v) is 8.12. The molecule has 0 aliphatic rings. The van der Waals surface area contributed by atoms with E-state index in [0.717, 1.165) is 17.0 Å². The summed E-state index contributed by atoms with van der Waals surface area (Å²) in [6.45, 7) is 2.00. The van der Waals surface area contributed by atoms with Crippen molar-refractivity contribution in [3.8, 4) is 5.75 Å². The van der Waals surface area contributed by atoms with E-state index < -0.39 is 0 Å². The molecule has 0 heterocycles. The number of rotatable bonds is 10. The minimum absolute atomic E-state index is 0. The van der Waals surface area contributed by atoms with E-state index in [2.05, 4.69) is 5.32 Å². The van der Waals surface area contributed by atoms with Crippen molar-refractivity contribution in [2.45, 2.75) is 19.4 Å². The molecule has 0 aliphatic carbocycles. The molecule has 0 saturated carbocycles. The summed E-state index contributed by atoms with van der Waals surface area (Å²) in [5.74, 6) is 0.818. The number of amides is 1. The molecule has 1 amide bonds. The van der Waals surface area contributed by atoms with Crippen LogP contribution in [0.2, 0.25) is 0 Å². The minimum atomic E-state index is -0.0187. The Hall–Kier alpha value is -2.08. The molecule has 0 aromatic heterocycles. The predicted octanol–water partition coefficient (Wildman–Crippen LogP) is 3.38. The van der Waals surface area contributed by atoms with Crippen LogP contribution in [0.15, 0.2) is 54.6 Å². The summed E-state index contributed by atoms with van der Waals surface area (Å²) in [4.78, 5) is 11.7. The summed E-state index contributed by atoms with van der Waals surface area (Å²) in [5, 5.41) is 2.87. The maximum absolute atomic E-state index is 11.7. The second-order valence-corrected chi connectivity index (χ2v) is 5.35. The lowest BCUT2D eigenvalue weighted by atomic mass is 10.2. The molecule has 0 bridgehead atoms. The topological polar surface area (TPSA) is 73.6 Å². The second kappa shape index (κ2) is 12.3. The van der Waals surface area contributed by atoms with Gasteiger partial charge in [-0.3, -0.25) is 4.79 Å². The smallest absolute Gasteiger partial charge is 0.224 e. The summed E-state index contributed by atoms with van der Waals surface area (Å²) < 4.78 is 11.2. The number of hydrogen-bond acceptors (Lipinski definition) is 4. The van der Waals surface area contributed by atoms with E-state index in [4.69, 9.17) is 15.2 Å². The third-order valence-corrected chi connectivity index (χ3v) is 3.33. The van der Waals surface area contributed by atoms with Crippen molar-refractivity contribution in [2.24, 2.45) is 5.73 Å². The van der Waals surface area contributed by atoms with Crippen molar-refractivity contribution in [1.29, 1.82) is 0 Å². The molecule has 25 heavy (non-hydrogen) atoms. The minimum Gasteiger partial charge on any atom is -0.491 e. The highest BCUT2D eigenvalue weighted by molar-refractivity contribution is 5.90. The van der Waals surface area contributed by atoms with E-state index in [1.165, 1.54) is 0 Å². The number of carbonyl (C=O) groups excluding carboxylic acids is 1. The molecule has 0 atom stereocenters. The Morgan fingerprint density at radius 3 is 2.60 bits per heavy atom. The van der Waals surface area contributed by atoms with Crippen molar-refractivity contribution in [3.63, 3.8) is 0 Å². The quantitative estimate of drug-likeness (QED) is 0.634. The van der Waals surface area contributed by atoms with E-state index in [-0.39, 0.29) is 18.3 Å². The molecular weight excluding hydrogens is 340 g/mol. The zero-order chi connectivity index (χ0) is 17.0. The normalized spacial score (nSPS) is 9.96. The average molecular weight is 365 g/mol. The SMILES string of the molecule is Cl.NCCCC(=O)Nc1cccc(COCCOc2ccccc2)c1. The Morgan fingerprint density at radius 2 is 1.84 bits per heavy atom. The van der Waals surface area contributed by atoms with Gasteiger partial charge in [0.2, 0.25) is 5.91 Å². The lowest BCUT2D eigenvalue weighted by molar-refractivity contribution is -0.116. The first-order valence-electron chi connectivity index (χ1n) is 8.12. The van der Waals surface area contributed by atoms with Crippen molar-refractivity contribution >= 4 is 24.0 Å². The molecule has 5 nitrogen and oxygen atoms in total. The number of nitrogens with two attached hydrogens (primary N) is 1. The molecule has 0 fully saturated rings. The van der Waals surface area contributed by atoms with Crippen molar-refractivity contribution in [1.82, 2.24) is 0 Å². The summed E-state index contributed by atoms with van der Waals surface area (Å²) in [6, 6.07) is 17.3. The molecule has 0 radical (unpaired) electrons. The molecule has 0 saturated heterocycles. The van der Waals surface area contributed by atoms with Gasteiger partial charge < -0.3 is 20.5 Å². The maximum Gasteiger partial charge on any atom is 0.224 e. The largest absolute Gasteiger partial charge is 0.491 e. The van der Waals surface area contributed by atoms with E-state index in [0.29, 0.717) is 39.2 Å². The van der Waals surface area contributed by atoms with Gasteiger partial charge in [0.05, 0.1) is 13.2 Å². The van der Waals surface area contributed by atoms with Crippen LogP contribution in [-0.2, 0) is 16.1 Å². The fourth-order valence-corrected chi connectivity index (χ4v) is 2.15. The number of carbonyl (C=O) groups is 1. The van der Waals surface area contributed by atoms with Crippen LogP contribution in [0.5, 0.6) is 5.75 Å². The molecule has 3 N–H and O–H groups in total. The van der Waals surface area contributed by atoms with Crippen molar-refractivity contribution in [3.05, 3.63) is 60.2 Å². The van der Waals surface area contributed by atoms with E-state index in [1.807, 2.05) is 54.6 Å². The number of anilines is 1. The number of para-hydroxylation sites is 1. The van der Waals surface area contributed by atoms with Crippen LogP contribution < -0.4 is 15.8 Å². The lowest BCUT2D eigenvalue weighted by Crippen LogP contribution is -2.13. The summed E-state index contributed by atoms with van der Waals surface area (Å²) >= 11 is 0. The van der Waals surface area contributed by atoms with Crippen LogP contribution >= 0.6 is 12.4 Å². The molecule has 0 aliphatic heterocycles. The standard InChI is InChI=1S/C19H24N2O3.ClH/c20-11-5-10-19(22)21-17-7-4-6-16(14-17)15-23-12-13-24-18-8-2-1-3-9-18;/h1-4,6-9,14H,5,10-13,15,20H2,(H,21,22);1H. The highest BCUT2D eigenvalue weighted by atomic mass is 35.5. The highest BCUT2D eigenvalue weighted by Crippen LogP contribution is 2.12. The molecule has 2 rings (SSSR count).